The number of fused-ring (bicyclic) bond motifs is 1. The Bertz CT molecular complexity index is 822. The monoisotopic (exact) mass is 463 g/mol. The molecule has 6 atom stereocenters. The summed E-state index contributed by atoms with van der Waals surface area (Å²) >= 11 is 0. The van der Waals surface area contributed by atoms with Gasteiger partial charge in [-0.25, -0.2) is 0 Å². The van der Waals surface area contributed by atoms with Crippen molar-refractivity contribution in [3.05, 3.63) is 46.0 Å². The lowest BCUT2D eigenvalue weighted by atomic mass is 9.97. The Labute approximate surface area is 193 Å². The molecule has 0 saturated carbocycles. The molecule has 1 aromatic carbocycles. The number of hydrogen-bond acceptors (Lipinski definition) is 9. The predicted molar refractivity (Wildman–Crippen MR) is 119 cm³/mol. The molecule has 0 aromatic heterocycles. The summed E-state index contributed by atoms with van der Waals surface area (Å²) in [6, 6.07) is 9.93. The fourth-order valence-electron chi connectivity index (χ4n) is 4.72. The molecule has 3 aliphatic heterocycles. The Balaban J connectivity index is 1.53. The number of rotatable bonds is 10. The summed E-state index contributed by atoms with van der Waals surface area (Å²) in [6.07, 6.45) is 1.32. The first-order chi connectivity index (χ1) is 15.9. The van der Waals surface area contributed by atoms with Crippen LogP contribution in [-0.2, 0) is 30.3 Å². The normalized spacial score (nSPS) is 31.8. The zero-order valence-corrected chi connectivity index (χ0v) is 19.4. The molecule has 4 rings (SSSR count). The van der Waals surface area contributed by atoms with Crippen molar-refractivity contribution in [2.24, 2.45) is 11.0 Å². The molecule has 1 aromatic rings. The second-order valence-electron chi connectivity index (χ2n) is 9.19. The van der Waals surface area contributed by atoms with Gasteiger partial charge in [-0.2, -0.15) is 5.10 Å². The number of methoxy groups -OCH3 is 1. The van der Waals surface area contributed by atoms with Gasteiger partial charge < -0.3 is 23.7 Å². The third-order valence-electron chi connectivity index (χ3n) is 6.21. The summed E-state index contributed by atoms with van der Waals surface area (Å²) in [5.41, 5.74) is 0.997. The summed E-state index contributed by atoms with van der Waals surface area (Å²) in [7, 11) is 1.66. The molecule has 0 spiro atoms. The number of hydrazone groups is 1. The van der Waals surface area contributed by atoms with Crippen molar-refractivity contribution in [3.63, 3.8) is 0 Å². The van der Waals surface area contributed by atoms with Crippen molar-refractivity contribution in [2.75, 3.05) is 26.8 Å². The lowest BCUT2D eigenvalue weighted by molar-refractivity contribution is -0.487. The molecule has 10 nitrogen and oxygen atoms in total. The van der Waals surface area contributed by atoms with E-state index in [4.69, 9.17) is 23.7 Å². The van der Waals surface area contributed by atoms with E-state index in [1.165, 1.54) is 0 Å². The Morgan fingerprint density at radius 1 is 1.33 bits per heavy atom. The third kappa shape index (κ3) is 5.88. The number of benzene rings is 1. The highest BCUT2D eigenvalue weighted by atomic mass is 16.8. The zero-order chi connectivity index (χ0) is 23.4. The van der Waals surface area contributed by atoms with Gasteiger partial charge in [0.1, 0.15) is 18.3 Å². The summed E-state index contributed by atoms with van der Waals surface area (Å²) < 4.78 is 29.7. The molecule has 3 aliphatic rings. The highest BCUT2D eigenvalue weighted by Gasteiger charge is 2.57. The van der Waals surface area contributed by atoms with Crippen molar-refractivity contribution < 1.29 is 28.6 Å². The van der Waals surface area contributed by atoms with E-state index in [0.29, 0.717) is 13.2 Å². The third-order valence-corrected chi connectivity index (χ3v) is 6.21. The molecule has 0 radical (unpaired) electrons. The van der Waals surface area contributed by atoms with Gasteiger partial charge in [0, 0.05) is 24.8 Å². The Hall–Kier alpha value is -2.11. The van der Waals surface area contributed by atoms with Crippen LogP contribution in [0, 0.1) is 16.0 Å². The van der Waals surface area contributed by atoms with Crippen LogP contribution >= 0.6 is 0 Å². The van der Waals surface area contributed by atoms with E-state index in [2.05, 4.69) is 5.10 Å². The van der Waals surface area contributed by atoms with E-state index in [1.807, 2.05) is 49.2 Å². The van der Waals surface area contributed by atoms with Gasteiger partial charge in [-0.05, 0) is 32.3 Å². The number of hydrogen-bond donors (Lipinski definition) is 0. The highest BCUT2D eigenvalue weighted by Crippen LogP contribution is 2.41. The first-order valence-electron chi connectivity index (χ1n) is 11.4. The molecule has 0 N–H and O–H groups in total. The van der Waals surface area contributed by atoms with Crippen LogP contribution in [0.3, 0.4) is 0 Å². The van der Waals surface area contributed by atoms with E-state index >= 15 is 0 Å². The second-order valence-corrected chi connectivity index (χ2v) is 9.19. The topological polar surface area (TPSA) is 105 Å². The summed E-state index contributed by atoms with van der Waals surface area (Å²) in [5.74, 6) is -1.42. The van der Waals surface area contributed by atoms with Crippen LogP contribution in [0.2, 0.25) is 0 Å². The minimum atomic E-state index is -0.815. The number of ether oxygens (including phenoxy) is 5. The minimum absolute atomic E-state index is 0.170. The first-order valence-corrected chi connectivity index (χ1v) is 11.4. The van der Waals surface area contributed by atoms with Crippen LogP contribution in [0.25, 0.3) is 0 Å². The quantitative estimate of drug-likeness (QED) is 0.296. The maximum atomic E-state index is 11.5. The van der Waals surface area contributed by atoms with E-state index < -0.39 is 36.3 Å². The van der Waals surface area contributed by atoms with Gasteiger partial charge in [-0.1, -0.05) is 30.3 Å². The summed E-state index contributed by atoms with van der Waals surface area (Å²) in [6.45, 7) is 5.00. The molecule has 10 heteroatoms. The average molecular weight is 464 g/mol. The average Bonchev–Trinajstić information content (AvgIpc) is 3.42. The Kier molecular flexibility index (Phi) is 7.60. The fraction of sp³-hybridized carbons (Fsp3) is 0.696. The van der Waals surface area contributed by atoms with Gasteiger partial charge in [-0.15, -0.1) is 0 Å². The van der Waals surface area contributed by atoms with Crippen LogP contribution in [0.15, 0.2) is 35.4 Å². The Morgan fingerprint density at radius 3 is 2.85 bits per heavy atom. The Morgan fingerprint density at radius 2 is 2.12 bits per heavy atom. The van der Waals surface area contributed by atoms with Gasteiger partial charge >= 0.3 is 0 Å². The van der Waals surface area contributed by atoms with E-state index in [9.17, 15) is 10.1 Å². The maximum Gasteiger partial charge on any atom is 0.214 e. The lowest BCUT2D eigenvalue weighted by Crippen LogP contribution is -2.43. The molecule has 3 heterocycles. The number of nitro groups is 1. The van der Waals surface area contributed by atoms with Crippen LogP contribution in [0.4, 0.5) is 0 Å². The largest absolute Gasteiger partial charge is 0.382 e. The molecule has 0 amide bonds. The standard InChI is InChI=1S/C23H33N3O7/c1-23(2)32-21-20(30-14-16-8-5-4-6-9-16)19(31-22(21)33-23)17(13-26(27)28)12-24-25-11-7-10-18(25)15-29-3/h4-6,8-9,12,17-22H,7,10-11,13-15H2,1-3H3/b24-12+/t17-,18+,19-,20+,21-,22-/m1/s1. The van der Waals surface area contributed by atoms with Crippen molar-refractivity contribution in [2.45, 2.75) is 69.7 Å². The smallest absolute Gasteiger partial charge is 0.214 e. The van der Waals surface area contributed by atoms with Crippen molar-refractivity contribution in [1.29, 1.82) is 0 Å². The molecular weight excluding hydrogens is 430 g/mol. The van der Waals surface area contributed by atoms with Crippen LogP contribution in [0.5, 0.6) is 0 Å². The highest BCUT2D eigenvalue weighted by molar-refractivity contribution is 5.62. The van der Waals surface area contributed by atoms with Crippen molar-refractivity contribution >= 4 is 6.21 Å². The lowest BCUT2D eigenvalue weighted by Gasteiger charge is -2.28. The van der Waals surface area contributed by atoms with Gasteiger partial charge in [-0.3, -0.25) is 15.1 Å². The molecule has 0 unspecified atom stereocenters. The van der Waals surface area contributed by atoms with Gasteiger partial charge in [0.25, 0.3) is 0 Å². The van der Waals surface area contributed by atoms with Gasteiger partial charge in [0.15, 0.2) is 12.1 Å². The van der Waals surface area contributed by atoms with E-state index in [0.717, 1.165) is 24.9 Å². The predicted octanol–water partition coefficient (Wildman–Crippen LogP) is 2.44. The maximum absolute atomic E-state index is 11.5. The van der Waals surface area contributed by atoms with Gasteiger partial charge in [0.05, 0.1) is 25.2 Å². The molecule has 33 heavy (non-hydrogen) atoms. The molecular formula is C23H33N3O7. The van der Waals surface area contributed by atoms with Crippen molar-refractivity contribution in [3.8, 4) is 0 Å². The molecule has 0 bridgehead atoms. The molecule has 0 aliphatic carbocycles. The molecule has 3 fully saturated rings. The van der Waals surface area contributed by atoms with E-state index in [1.54, 1.807) is 13.3 Å². The van der Waals surface area contributed by atoms with E-state index in [-0.39, 0.29) is 17.5 Å². The SMILES string of the molecule is COC[C@@H]1CCCN1/N=C/[C@H](C[N+](=O)[O-])[C@H]1O[C@@H]2OC(C)(C)O[C@@H]2[C@H]1OCc1ccccc1. The fourth-order valence-corrected chi connectivity index (χ4v) is 4.72. The second kappa shape index (κ2) is 10.4. The first kappa shape index (κ1) is 24.0. The summed E-state index contributed by atoms with van der Waals surface area (Å²) in [5, 5.41) is 18.1. The van der Waals surface area contributed by atoms with Crippen LogP contribution < -0.4 is 0 Å². The van der Waals surface area contributed by atoms with Gasteiger partial charge in [0.2, 0.25) is 6.54 Å². The van der Waals surface area contributed by atoms with Crippen LogP contribution in [0.1, 0.15) is 32.3 Å². The zero-order valence-electron chi connectivity index (χ0n) is 19.4. The molecule has 3 saturated heterocycles. The summed E-state index contributed by atoms with van der Waals surface area (Å²) in [4.78, 5) is 11.2. The minimum Gasteiger partial charge on any atom is -0.382 e. The number of nitrogens with zero attached hydrogens (tertiary/aromatic N) is 3. The molecule has 182 valence electrons. The van der Waals surface area contributed by atoms with Crippen LogP contribution in [-0.4, -0.2) is 79.4 Å². The van der Waals surface area contributed by atoms with Crippen molar-refractivity contribution in [1.82, 2.24) is 5.01 Å².